The van der Waals surface area contributed by atoms with Gasteiger partial charge in [-0.2, -0.15) is 4.31 Å². The Labute approximate surface area is 106 Å². The van der Waals surface area contributed by atoms with Crippen LogP contribution in [0, 0.1) is 5.92 Å². The van der Waals surface area contributed by atoms with Crippen LogP contribution >= 0.6 is 0 Å². The molecule has 0 saturated carbocycles. The minimum absolute atomic E-state index is 0.148. The first-order valence-electron chi connectivity index (χ1n) is 5.53. The van der Waals surface area contributed by atoms with Crippen molar-refractivity contribution in [3.63, 3.8) is 0 Å². The molecule has 2 atom stereocenters. The average molecular weight is 281 g/mol. The van der Waals surface area contributed by atoms with Crippen molar-refractivity contribution in [2.75, 3.05) is 12.8 Å². The van der Waals surface area contributed by atoms with Gasteiger partial charge in [-0.3, -0.25) is 9.59 Å². The van der Waals surface area contributed by atoms with Gasteiger partial charge in [-0.05, 0) is 6.42 Å². The Morgan fingerprint density at radius 1 is 1.22 bits per heavy atom. The lowest BCUT2D eigenvalue weighted by atomic mass is 10.1. The first-order chi connectivity index (χ1) is 8.11. The zero-order valence-corrected chi connectivity index (χ0v) is 11.5. The second-order valence-corrected chi connectivity index (χ2v) is 6.15. The molecule has 0 aromatic heterocycles. The normalized spacial score (nSPS) is 15.3. The molecule has 0 aliphatic rings. The summed E-state index contributed by atoms with van der Waals surface area (Å²) in [5.41, 5.74) is 0. The van der Waals surface area contributed by atoms with E-state index in [0.717, 1.165) is 10.6 Å². The molecule has 0 aromatic carbocycles. The van der Waals surface area contributed by atoms with E-state index in [-0.39, 0.29) is 13.0 Å². The molecule has 0 aromatic rings. The highest BCUT2D eigenvalue weighted by atomic mass is 32.2. The van der Waals surface area contributed by atoms with Crippen LogP contribution in [0.2, 0.25) is 0 Å². The van der Waals surface area contributed by atoms with Gasteiger partial charge in [-0.1, -0.05) is 20.3 Å². The van der Waals surface area contributed by atoms with Crippen molar-refractivity contribution in [1.29, 1.82) is 0 Å². The van der Waals surface area contributed by atoms with E-state index in [0.29, 0.717) is 6.42 Å². The van der Waals surface area contributed by atoms with E-state index >= 15 is 0 Å². The lowest BCUT2D eigenvalue weighted by molar-refractivity contribution is -0.145. The van der Waals surface area contributed by atoms with Crippen LogP contribution in [0.5, 0.6) is 0 Å². The predicted molar refractivity (Wildman–Crippen MR) is 64.7 cm³/mol. The quantitative estimate of drug-likeness (QED) is 0.658. The highest BCUT2D eigenvalue weighted by Crippen LogP contribution is 2.15. The Morgan fingerprint density at radius 3 is 2.00 bits per heavy atom. The van der Waals surface area contributed by atoms with Crippen molar-refractivity contribution >= 4 is 22.0 Å². The number of rotatable bonds is 8. The van der Waals surface area contributed by atoms with Crippen LogP contribution in [-0.4, -0.2) is 53.7 Å². The van der Waals surface area contributed by atoms with Crippen molar-refractivity contribution in [2.24, 2.45) is 5.92 Å². The third-order valence-electron chi connectivity index (χ3n) is 2.50. The maximum atomic E-state index is 11.6. The Hall–Kier alpha value is -1.15. The van der Waals surface area contributed by atoms with E-state index < -0.39 is 33.9 Å². The average Bonchev–Trinajstić information content (AvgIpc) is 2.20. The van der Waals surface area contributed by atoms with Gasteiger partial charge in [0.1, 0.15) is 6.04 Å². The van der Waals surface area contributed by atoms with E-state index in [9.17, 15) is 18.0 Å². The third kappa shape index (κ3) is 5.01. The van der Waals surface area contributed by atoms with Crippen LogP contribution in [0.4, 0.5) is 0 Å². The van der Waals surface area contributed by atoms with Gasteiger partial charge in [-0.15, -0.1) is 0 Å². The highest BCUT2D eigenvalue weighted by Gasteiger charge is 2.33. The molecule has 0 fully saturated rings. The van der Waals surface area contributed by atoms with Gasteiger partial charge in [0.25, 0.3) is 0 Å². The minimum Gasteiger partial charge on any atom is -0.481 e. The SMILES string of the molecule is CCCC(C(=O)O)N(CC(C)C(=O)O)S(C)(=O)=O. The zero-order chi connectivity index (χ0) is 14.5. The largest absolute Gasteiger partial charge is 0.481 e. The fraction of sp³-hybridized carbons (Fsp3) is 0.800. The maximum Gasteiger partial charge on any atom is 0.322 e. The summed E-state index contributed by atoms with van der Waals surface area (Å²) in [6.45, 7) is 2.73. The Balaban J connectivity index is 5.21. The lowest BCUT2D eigenvalue weighted by Crippen LogP contribution is -2.47. The van der Waals surface area contributed by atoms with Crippen LogP contribution in [-0.2, 0) is 19.6 Å². The first kappa shape index (κ1) is 16.9. The molecule has 2 unspecified atom stereocenters. The van der Waals surface area contributed by atoms with Crippen LogP contribution in [0.1, 0.15) is 26.7 Å². The fourth-order valence-corrected chi connectivity index (χ4v) is 2.66. The number of carbonyl (C=O) groups is 2. The number of hydrogen-bond donors (Lipinski definition) is 2. The lowest BCUT2D eigenvalue weighted by Gasteiger charge is -2.27. The number of hydrogen-bond acceptors (Lipinski definition) is 4. The summed E-state index contributed by atoms with van der Waals surface area (Å²) in [5.74, 6) is -3.39. The van der Waals surface area contributed by atoms with E-state index in [1.54, 1.807) is 6.92 Å². The van der Waals surface area contributed by atoms with E-state index in [1.165, 1.54) is 6.92 Å². The molecule has 0 radical (unpaired) electrons. The number of carboxylic acid groups (broad SMARTS) is 2. The number of aliphatic carboxylic acids is 2. The summed E-state index contributed by atoms with van der Waals surface area (Å²) < 4.78 is 23.9. The highest BCUT2D eigenvalue weighted by molar-refractivity contribution is 7.88. The summed E-state index contributed by atoms with van der Waals surface area (Å²) in [6, 6.07) is -1.22. The topological polar surface area (TPSA) is 112 Å². The van der Waals surface area contributed by atoms with Crippen LogP contribution in [0.3, 0.4) is 0 Å². The molecule has 0 amide bonds. The fourth-order valence-electron chi connectivity index (χ4n) is 1.51. The number of nitrogens with zero attached hydrogens (tertiary/aromatic N) is 1. The molecule has 18 heavy (non-hydrogen) atoms. The molecule has 0 bridgehead atoms. The van der Waals surface area contributed by atoms with Crippen LogP contribution < -0.4 is 0 Å². The van der Waals surface area contributed by atoms with Crippen molar-refractivity contribution in [1.82, 2.24) is 4.31 Å². The zero-order valence-electron chi connectivity index (χ0n) is 10.7. The summed E-state index contributed by atoms with van der Waals surface area (Å²) in [7, 11) is -3.77. The second kappa shape index (κ2) is 6.69. The molecule has 0 aliphatic heterocycles. The maximum absolute atomic E-state index is 11.6. The molecule has 8 heteroatoms. The molecule has 2 N–H and O–H groups in total. The van der Waals surface area contributed by atoms with Gasteiger partial charge in [0, 0.05) is 6.54 Å². The third-order valence-corrected chi connectivity index (χ3v) is 3.75. The standard InChI is InChI=1S/C10H19NO6S/c1-4-5-8(10(14)15)11(18(3,16)17)6-7(2)9(12)13/h7-8H,4-6H2,1-3H3,(H,12,13)(H,14,15). The molecular weight excluding hydrogens is 262 g/mol. The Bertz CT molecular complexity index is 405. The monoisotopic (exact) mass is 281 g/mol. The second-order valence-electron chi connectivity index (χ2n) is 4.21. The number of carboxylic acids is 2. The van der Waals surface area contributed by atoms with Gasteiger partial charge < -0.3 is 10.2 Å². The number of sulfonamides is 1. The molecular formula is C10H19NO6S. The van der Waals surface area contributed by atoms with Crippen LogP contribution in [0.15, 0.2) is 0 Å². The van der Waals surface area contributed by atoms with Crippen molar-refractivity contribution in [2.45, 2.75) is 32.7 Å². The van der Waals surface area contributed by atoms with E-state index in [1.807, 2.05) is 0 Å². The summed E-state index contributed by atoms with van der Waals surface area (Å²) in [6.07, 6.45) is 1.52. The Morgan fingerprint density at radius 2 is 1.72 bits per heavy atom. The van der Waals surface area contributed by atoms with E-state index in [2.05, 4.69) is 0 Å². The molecule has 0 aliphatic carbocycles. The first-order valence-corrected chi connectivity index (χ1v) is 7.38. The molecule has 0 saturated heterocycles. The van der Waals surface area contributed by atoms with Gasteiger partial charge in [0.2, 0.25) is 10.0 Å². The minimum atomic E-state index is -3.77. The molecule has 7 nitrogen and oxygen atoms in total. The smallest absolute Gasteiger partial charge is 0.322 e. The van der Waals surface area contributed by atoms with E-state index in [4.69, 9.17) is 10.2 Å². The van der Waals surface area contributed by atoms with Gasteiger partial charge in [-0.25, -0.2) is 8.42 Å². The van der Waals surface area contributed by atoms with Crippen molar-refractivity contribution < 1.29 is 28.2 Å². The molecule has 0 spiro atoms. The van der Waals surface area contributed by atoms with Crippen LogP contribution in [0.25, 0.3) is 0 Å². The molecule has 106 valence electrons. The van der Waals surface area contributed by atoms with Crippen molar-refractivity contribution in [3.05, 3.63) is 0 Å². The van der Waals surface area contributed by atoms with Gasteiger partial charge in [0.05, 0.1) is 12.2 Å². The van der Waals surface area contributed by atoms with Gasteiger partial charge >= 0.3 is 11.9 Å². The van der Waals surface area contributed by atoms with Gasteiger partial charge in [0.15, 0.2) is 0 Å². The summed E-state index contributed by atoms with van der Waals surface area (Å²) >= 11 is 0. The summed E-state index contributed by atoms with van der Waals surface area (Å²) in [4.78, 5) is 21.8. The molecule has 0 rings (SSSR count). The summed E-state index contributed by atoms with van der Waals surface area (Å²) in [5, 5.41) is 17.8. The van der Waals surface area contributed by atoms with Crippen molar-refractivity contribution in [3.8, 4) is 0 Å². The molecule has 0 heterocycles. The predicted octanol–water partition coefficient (Wildman–Crippen LogP) is 0.222. The Kier molecular flexibility index (Phi) is 6.27.